The Morgan fingerprint density at radius 3 is 2.36 bits per heavy atom. The maximum absolute atomic E-state index is 12.5. The van der Waals surface area contributed by atoms with Crippen LogP contribution in [0.4, 0.5) is 10.5 Å². The molecule has 180 valence electrons. The first kappa shape index (κ1) is 26.4. The van der Waals surface area contributed by atoms with Crippen LogP contribution in [0.1, 0.15) is 51.5 Å². The average Bonchev–Trinajstić information content (AvgIpc) is 2.85. The van der Waals surface area contributed by atoms with Crippen molar-refractivity contribution in [1.82, 2.24) is 5.32 Å². The summed E-state index contributed by atoms with van der Waals surface area (Å²) >= 11 is 0. The number of hydrogen-bond acceptors (Lipinski definition) is 4. The van der Waals surface area contributed by atoms with E-state index in [0.717, 1.165) is 35.2 Å². The van der Waals surface area contributed by atoms with Gasteiger partial charge in [0, 0.05) is 32.3 Å². The molecule has 33 heavy (non-hydrogen) atoms. The van der Waals surface area contributed by atoms with Gasteiger partial charge in [-0.2, -0.15) is 0 Å². The summed E-state index contributed by atoms with van der Waals surface area (Å²) < 4.78 is 10.3. The number of urea groups is 1. The van der Waals surface area contributed by atoms with Gasteiger partial charge in [0.05, 0.1) is 7.11 Å². The monoisotopic (exact) mass is 454 g/mol. The Morgan fingerprint density at radius 1 is 0.970 bits per heavy atom. The number of carbonyl (C=O) groups is 2. The van der Waals surface area contributed by atoms with Crippen molar-refractivity contribution in [3.05, 3.63) is 54.1 Å². The van der Waals surface area contributed by atoms with E-state index < -0.39 is 6.10 Å². The van der Waals surface area contributed by atoms with Crippen molar-refractivity contribution in [2.45, 2.75) is 58.5 Å². The maximum Gasteiger partial charge on any atom is 0.335 e. The molecule has 0 bridgehead atoms. The third-order valence-corrected chi connectivity index (χ3v) is 5.63. The van der Waals surface area contributed by atoms with Crippen LogP contribution in [0.3, 0.4) is 0 Å². The molecule has 0 aliphatic heterocycles. The lowest BCUT2D eigenvalue weighted by Gasteiger charge is -2.19. The Hall–Kier alpha value is -2.86. The zero-order chi connectivity index (χ0) is 24.1. The van der Waals surface area contributed by atoms with Gasteiger partial charge in [-0.15, -0.1) is 0 Å². The van der Waals surface area contributed by atoms with E-state index in [1.165, 1.54) is 26.4 Å². The molecule has 0 aromatic heterocycles. The summed E-state index contributed by atoms with van der Waals surface area (Å²) in [4.78, 5) is 26.1. The highest BCUT2D eigenvalue weighted by atomic mass is 16.6. The first-order valence-electron chi connectivity index (χ1n) is 11.9. The molecule has 6 nitrogen and oxygen atoms in total. The van der Waals surface area contributed by atoms with E-state index in [1.807, 2.05) is 55.5 Å². The predicted octanol–water partition coefficient (Wildman–Crippen LogP) is 5.59. The Labute approximate surface area is 198 Å². The number of amides is 2. The number of esters is 1. The second-order valence-electron chi connectivity index (χ2n) is 8.12. The van der Waals surface area contributed by atoms with Crippen LogP contribution in [0.5, 0.6) is 0 Å². The average molecular weight is 455 g/mol. The van der Waals surface area contributed by atoms with Gasteiger partial charge in [0.25, 0.3) is 0 Å². The topological polar surface area (TPSA) is 67.9 Å². The van der Waals surface area contributed by atoms with Gasteiger partial charge in [-0.05, 0) is 42.2 Å². The molecular weight excluding hydrogens is 416 g/mol. The fourth-order valence-electron chi connectivity index (χ4n) is 3.64. The van der Waals surface area contributed by atoms with Crippen LogP contribution < -0.4 is 10.2 Å². The lowest BCUT2D eigenvalue weighted by atomic mass is 10.0. The number of rotatable bonds is 13. The van der Waals surface area contributed by atoms with E-state index in [0.29, 0.717) is 19.6 Å². The molecule has 0 aliphatic rings. The molecule has 1 atom stereocenters. The summed E-state index contributed by atoms with van der Waals surface area (Å²) in [5.41, 5.74) is 3.89. The molecular formula is C27H38N2O4. The molecule has 0 unspecified atom stereocenters. The highest BCUT2D eigenvalue weighted by molar-refractivity contribution is 5.92. The maximum atomic E-state index is 12.5. The van der Waals surface area contributed by atoms with E-state index in [9.17, 15) is 9.59 Å². The van der Waals surface area contributed by atoms with Crippen LogP contribution in [0.2, 0.25) is 0 Å². The fourth-order valence-corrected chi connectivity index (χ4v) is 3.64. The second kappa shape index (κ2) is 14.3. The van der Waals surface area contributed by atoms with Crippen LogP contribution in [0.25, 0.3) is 11.1 Å². The summed E-state index contributed by atoms with van der Waals surface area (Å²) in [5.74, 6) is -0.365. The Balaban J connectivity index is 1.99. The van der Waals surface area contributed by atoms with Gasteiger partial charge in [0.2, 0.25) is 0 Å². The standard InChI is InChI=1S/C27H38N2O4/c1-5-7-8-9-10-18-28-27(31)29(3)24-13-11-12-23(20-24)22-16-14-21(15-17-22)19-25(33-6-2)26(30)32-4/h11-17,20,25H,5-10,18-19H2,1-4H3,(H,28,31)/t25-/m0/s1. The fraction of sp³-hybridized carbons (Fsp3) is 0.481. The minimum Gasteiger partial charge on any atom is -0.467 e. The number of anilines is 1. The zero-order valence-corrected chi connectivity index (χ0v) is 20.4. The third kappa shape index (κ3) is 8.54. The van der Waals surface area contributed by atoms with Crippen molar-refractivity contribution in [2.24, 2.45) is 0 Å². The van der Waals surface area contributed by atoms with Gasteiger partial charge >= 0.3 is 12.0 Å². The number of benzene rings is 2. The molecule has 2 aromatic rings. The van der Waals surface area contributed by atoms with Gasteiger partial charge in [-0.3, -0.25) is 4.90 Å². The van der Waals surface area contributed by atoms with Crippen molar-refractivity contribution in [3.8, 4) is 11.1 Å². The second-order valence-corrected chi connectivity index (χ2v) is 8.12. The number of nitrogens with zero attached hydrogens (tertiary/aromatic N) is 1. The van der Waals surface area contributed by atoms with Crippen molar-refractivity contribution >= 4 is 17.7 Å². The minimum absolute atomic E-state index is 0.0947. The number of carbonyl (C=O) groups excluding carboxylic acids is 2. The van der Waals surface area contributed by atoms with Crippen LogP contribution in [0, 0.1) is 0 Å². The molecule has 2 aromatic carbocycles. The summed E-state index contributed by atoms with van der Waals surface area (Å²) in [7, 11) is 3.16. The lowest BCUT2D eigenvalue weighted by Crippen LogP contribution is -2.37. The molecule has 1 N–H and O–H groups in total. The molecule has 0 fully saturated rings. The van der Waals surface area contributed by atoms with Crippen molar-refractivity contribution < 1.29 is 19.1 Å². The normalized spacial score (nSPS) is 11.6. The SMILES string of the molecule is CCCCCCCNC(=O)N(C)c1cccc(-c2ccc(C[C@H](OCC)C(=O)OC)cc2)c1. The van der Waals surface area contributed by atoms with Gasteiger partial charge in [-0.25, -0.2) is 9.59 Å². The number of methoxy groups -OCH3 is 1. The molecule has 0 aliphatic carbocycles. The molecule has 0 saturated carbocycles. The van der Waals surface area contributed by atoms with Gasteiger partial charge in [-0.1, -0.05) is 69.0 Å². The van der Waals surface area contributed by atoms with Gasteiger partial charge < -0.3 is 14.8 Å². The van der Waals surface area contributed by atoms with Crippen LogP contribution in [-0.4, -0.2) is 45.4 Å². The minimum atomic E-state index is -0.604. The van der Waals surface area contributed by atoms with Crippen molar-refractivity contribution in [3.63, 3.8) is 0 Å². The van der Waals surface area contributed by atoms with Crippen LogP contribution >= 0.6 is 0 Å². The zero-order valence-electron chi connectivity index (χ0n) is 20.4. The summed E-state index contributed by atoms with van der Waals surface area (Å²) in [6, 6.07) is 15.8. The highest BCUT2D eigenvalue weighted by Crippen LogP contribution is 2.25. The van der Waals surface area contributed by atoms with E-state index in [-0.39, 0.29) is 12.0 Å². The van der Waals surface area contributed by atoms with E-state index in [1.54, 1.807) is 11.9 Å². The van der Waals surface area contributed by atoms with Crippen molar-refractivity contribution in [1.29, 1.82) is 0 Å². The summed E-state index contributed by atoms with van der Waals surface area (Å²) in [6.07, 6.45) is 5.70. The number of ether oxygens (including phenoxy) is 2. The van der Waals surface area contributed by atoms with Gasteiger partial charge in [0.15, 0.2) is 6.10 Å². The first-order valence-corrected chi connectivity index (χ1v) is 11.9. The molecule has 0 saturated heterocycles. The van der Waals surface area contributed by atoms with E-state index in [4.69, 9.17) is 9.47 Å². The van der Waals surface area contributed by atoms with Crippen LogP contribution in [0.15, 0.2) is 48.5 Å². The van der Waals surface area contributed by atoms with E-state index in [2.05, 4.69) is 12.2 Å². The molecule has 0 heterocycles. The molecule has 6 heteroatoms. The van der Waals surface area contributed by atoms with Crippen LogP contribution in [-0.2, 0) is 20.7 Å². The number of unbranched alkanes of at least 4 members (excludes halogenated alkanes) is 4. The number of nitrogens with one attached hydrogen (secondary N) is 1. The Morgan fingerprint density at radius 2 is 1.70 bits per heavy atom. The molecule has 2 rings (SSSR count). The third-order valence-electron chi connectivity index (χ3n) is 5.63. The van der Waals surface area contributed by atoms with Crippen molar-refractivity contribution in [2.75, 3.05) is 32.2 Å². The summed E-state index contributed by atoms with van der Waals surface area (Å²) in [6.45, 7) is 5.20. The largest absolute Gasteiger partial charge is 0.467 e. The molecule has 2 amide bonds. The summed E-state index contributed by atoms with van der Waals surface area (Å²) in [5, 5.41) is 3.00. The highest BCUT2D eigenvalue weighted by Gasteiger charge is 2.19. The first-order chi connectivity index (χ1) is 16.0. The molecule has 0 spiro atoms. The predicted molar refractivity (Wildman–Crippen MR) is 134 cm³/mol. The Bertz CT molecular complexity index is 867. The van der Waals surface area contributed by atoms with E-state index >= 15 is 0 Å². The molecule has 0 radical (unpaired) electrons. The smallest absolute Gasteiger partial charge is 0.335 e. The Kier molecular flexibility index (Phi) is 11.5. The lowest BCUT2D eigenvalue weighted by molar-refractivity contribution is -0.153. The number of hydrogen-bond donors (Lipinski definition) is 1. The quantitative estimate of drug-likeness (QED) is 0.316. The van der Waals surface area contributed by atoms with Gasteiger partial charge in [0.1, 0.15) is 0 Å².